The lowest BCUT2D eigenvalue weighted by molar-refractivity contribution is -0.177. The van der Waals surface area contributed by atoms with Crippen molar-refractivity contribution in [2.45, 2.75) is 125 Å². The van der Waals surface area contributed by atoms with Crippen LogP contribution in [-0.4, -0.2) is 37.0 Å². The summed E-state index contributed by atoms with van der Waals surface area (Å²) in [6.45, 7) is 19.9. The zero-order valence-corrected chi connectivity index (χ0v) is 20.9. The fourth-order valence-corrected chi connectivity index (χ4v) is 3.18. The Hall–Kier alpha value is -0.610. The van der Waals surface area contributed by atoms with Crippen LogP contribution in [0.25, 0.3) is 0 Å². The van der Waals surface area contributed by atoms with E-state index < -0.39 is 5.60 Å². The van der Waals surface area contributed by atoms with Crippen molar-refractivity contribution in [2.75, 3.05) is 13.2 Å². The molecular formula is C25H50O4. The van der Waals surface area contributed by atoms with E-state index in [0.717, 1.165) is 24.7 Å². The maximum Gasteiger partial charge on any atom is 0.338 e. The molecule has 0 radical (unpaired) electrons. The van der Waals surface area contributed by atoms with E-state index >= 15 is 0 Å². The van der Waals surface area contributed by atoms with Crippen LogP contribution in [0.4, 0.5) is 0 Å². The van der Waals surface area contributed by atoms with Gasteiger partial charge in [0.05, 0.1) is 18.8 Å². The highest BCUT2D eigenvalue weighted by atomic mass is 16.6. The summed E-state index contributed by atoms with van der Waals surface area (Å²) in [7, 11) is 0. The van der Waals surface area contributed by atoms with Crippen LogP contribution in [0.1, 0.15) is 107 Å². The minimum absolute atomic E-state index is 0.105. The van der Waals surface area contributed by atoms with E-state index in [-0.39, 0.29) is 24.8 Å². The summed E-state index contributed by atoms with van der Waals surface area (Å²) in [6.07, 6.45) is 7.92. The Balaban J connectivity index is 4.27. The molecule has 29 heavy (non-hydrogen) atoms. The minimum Gasteiger partial charge on any atom is -0.461 e. The lowest BCUT2D eigenvalue weighted by Crippen LogP contribution is -2.41. The van der Waals surface area contributed by atoms with Crippen molar-refractivity contribution in [2.24, 2.45) is 17.8 Å². The first-order valence-electron chi connectivity index (χ1n) is 12.0. The molecule has 0 heterocycles. The standard InChI is InChI=1S/C25H50O4/c1-10-22(7)29-23(8)18-27-24(26)25(9,11-2)28-17-21(6)16-15-20(5)14-12-13-19(3)4/h19-23H,10-18H2,1-9H3. The predicted octanol–water partition coefficient (Wildman–Crippen LogP) is 6.80. The van der Waals surface area contributed by atoms with Crippen LogP contribution in [0.15, 0.2) is 0 Å². The van der Waals surface area contributed by atoms with Crippen LogP contribution in [0.5, 0.6) is 0 Å². The van der Waals surface area contributed by atoms with E-state index in [1.807, 2.05) is 27.7 Å². The van der Waals surface area contributed by atoms with Crippen molar-refractivity contribution in [3.63, 3.8) is 0 Å². The molecule has 0 aromatic rings. The molecule has 0 aliphatic rings. The van der Waals surface area contributed by atoms with Gasteiger partial charge in [0, 0.05) is 0 Å². The summed E-state index contributed by atoms with van der Waals surface area (Å²) in [6, 6.07) is 0. The third-order valence-electron chi connectivity index (χ3n) is 5.91. The topological polar surface area (TPSA) is 44.8 Å². The van der Waals surface area contributed by atoms with Gasteiger partial charge in [-0.05, 0) is 57.8 Å². The van der Waals surface area contributed by atoms with Crippen molar-refractivity contribution in [1.82, 2.24) is 0 Å². The third kappa shape index (κ3) is 13.3. The summed E-state index contributed by atoms with van der Waals surface area (Å²) < 4.78 is 17.3. The summed E-state index contributed by atoms with van der Waals surface area (Å²) in [5.41, 5.74) is -0.882. The molecular weight excluding hydrogens is 364 g/mol. The number of carbonyl (C=O) groups is 1. The van der Waals surface area contributed by atoms with Crippen molar-refractivity contribution in [3.8, 4) is 0 Å². The Morgan fingerprint density at radius 2 is 1.45 bits per heavy atom. The van der Waals surface area contributed by atoms with Crippen molar-refractivity contribution in [3.05, 3.63) is 0 Å². The highest BCUT2D eigenvalue weighted by Crippen LogP contribution is 2.23. The SMILES string of the molecule is CCC(C)OC(C)COC(=O)C(C)(CC)OCC(C)CCC(C)CCCC(C)C. The largest absolute Gasteiger partial charge is 0.461 e. The Morgan fingerprint density at radius 1 is 0.828 bits per heavy atom. The minimum atomic E-state index is -0.882. The van der Waals surface area contributed by atoms with Gasteiger partial charge in [-0.15, -0.1) is 0 Å². The second-order valence-corrected chi connectivity index (χ2v) is 9.77. The van der Waals surface area contributed by atoms with Crippen LogP contribution in [0, 0.1) is 17.8 Å². The molecule has 5 atom stereocenters. The second-order valence-electron chi connectivity index (χ2n) is 9.77. The first-order valence-corrected chi connectivity index (χ1v) is 12.0. The number of hydrogen-bond acceptors (Lipinski definition) is 4. The number of rotatable bonds is 17. The molecule has 174 valence electrons. The molecule has 0 rings (SSSR count). The molecule has 0 fully saturated rings. The van der Waals surface area contributed by atoms with Crippen LogP contribution in [-0.2, 0) is 19.0 Å². The number of carbonyl (C=O) groups excluding carboxylic acids is 1. The number of ether oxygens (including phenoxy) is 3. The van der Waals surface area contributed by atoms with Gasteiger partial charge >= 0.3 is 5.97 Å². The van der Waals surface area contributed by atoms with Crippen molar-refractivity contribution >= 4 is 5.97 Å². The quantitative estimate of drug-likeness (QED) is 0.246. The Kier molecular flexibility index (Phi) is 14.9. The Bertz CT molecular complexity index is 423. The zero-order chi connectivity index (χ0) is 22.4. The highest BCUT2D eigenvalue weighted by molar-refractivity contribution is 5.79. The molecule has 5 unspecified atom stereocenters. The molecule has 0 aliphatic heterocycles. The normalized spacial score (nSPS) is 18.1. The van der Waals surface area contributed by atoms with E-state index in [9.17, 15) is 4.79 Å². The molecule has 4 heteroatoms. The molecule has 0 aromatic heterocycles. The van der Waals surface area contributed by atoms with Crippen LogP contribution < -0.4 is 0 Å². The monoisotopic (exact) mass is 414 g/mol. The van der Waals surface area contributed by atoms with Gasteiger partial charge in [-0.3, -0.25) is 0 Å². The molecule has 4 nitrogen and oxygen atoms in total. The van der Waals surface area contributed by atoms with Gasteiger partial charge in [-0.25, -0.2) is 4.79 Å². The smallest absolute Gasteiger partial charge is 0.338 e. The maximum absolute atomic E-state index is 12.6. The van der Waals surface area contributed by atoms with E-state index in [4.69, 9.17) is 14.2 Å². The van der Waals surface area contributed by atoms with E-state index in [2.05, 4.69) is 34.6 Å². The van der Waals surface area contributed by atoms with Gasteiger partial charge in [0.2, 0.25) is 0 Å². The second kappa shape index (κ2) is 15.2. The van der Waals surface area contributed by atoms with E-state index in [1.54, 1.807) is 0 Å². The van der Waals surface area contributed by atoms with E-state index in [0.29, 0.717) is 18.9 Å². The summed E-state index contributed by atoms with van der Waals surface area (Å²) in [5.74, 6) is 1.71. The van der Waals surface area contributed by atoms with Gasteiger partial charge in [0.1, 0.15) is 6.61 Å². The average molecular weight is 415 g/mol. The summed E-state index contributed by atoms with van der Waals surface area (Å²) in [5, 5.41) is 0. The average Bonchev–Trinajstić information content (AvgIpc) is 2.68. The van der Waals surface area contributed by atoms with Crippen LogP contribution >= 0.6 is 0 Å². The first-order chi connectivity index (χ1) is 13.5. The van der Waals surface area contributed by atoms with Gasteiger partial charge in [-0.2, -0.15) is 0 Å². The third-order valence-corrected chi connectivity index (χ3v) is 5.91. The first kappa shape index (κ1) is 28.4. The van der Waals surface area contributed by atoms with Crippen molar-refractivity contribution in [1.29, 1.82) is 0 Å². The molecule has 0 amide bonds. The van der Waals surface area contributed by atoms with Gasteiger partial charge in [-0.1, -0.05) is 67.2 Å². The van der Waals surface area contributed by atoms with Gasteiger partial charge in [0.25, 0.3) is 0 Å². The molecule has 0 bridgehead atoms. The van der Waals surface area contributed by atoms with Gasteiger partial charge in [0.15, 0.2) is 5.60 Å². The Morgan fingerprint density at radius 3 is 2.00 bits per heavy atom. The van der Waals surface area contributed by atoms with Gasteiger partial charge < -0.3 is 14.2 Å². The fourth-order valence-electron chi connectivity index (χ4n) is 3.18. The predicted molar refractivity (Wildman–Crippen MR) is 122 cm³/mol. The summed E-state index contributed by atoms with van der Waals surface area (Å²) in [4.78, 5) is 12.6. The van der Waals surface area contributed by atoms with Crippen molar-refractivity contribution < 1.29 is 19.0 Å². The zero-order valence-electron chi connectivity index (χ0n) is 20.9. The molecule has 0 N–H and O–H groups in total. The van der Waals surface area contributed by atoms with Crippen LogP contribution in [0.2, 0.25) is 0 Å². The van der Waals surface area contributed by atoms with Crippen LogP contribution in [0.3, 0.4) is 0 Å². The highest BCUT2D eigenvalue weighted by Gasteiger charge is 2.35. The Labute approximate surface area is 181 Å². The molecule has 0 aromatic carbocycles. The summed E-state index contributed by atoms with van der Waals surface area (Å²) >= 11 is 0. The lowest BCUT2D eigenvalue weighted by atomic mass is 9.93. The molecule has 0 saturated carbocycles. The molecule has 0 aliphatic carbocycles. The molecule has 0 saturated heterocycles. The van der Waals surface area contributed by atoms with E-state index in [1.165, 1.54) is 25.7 Å². The number of esters is 1. The molecule has 0 spiro atoms. The lowest BCUT2D eigenvalue weighted by Gasteiger charge is -2.29. The maximum atomic E-state index is 12.6. The number of hydrogen-bond donors (Lipinski definition) is 0. The fraction of sp³-hybridized carbons (Fsp3) is 0.960.